The standard InChI is InChI=1S/C10H18BrN3O/c1-7(2)14-10(8(11)5-12-14)9(15)6-13(3)4/h5,7,9,15H,6H2,1-4H3. The van der Waals surface area contributed by atoms with Crippen LogP contribution in [0.25, 0.3) is 0 Å². The van der Waals surface area contributed by atoms with Crippen molar-refractivity contribution < 1.29 is 5.11 Å². The number of hydrogen-bond acceptors (Lipinski definition) is 3. The number of aliphatic hydroxyl groups is 1. The van der Waals surface area contributed by atoms with E-state index in [0.717, 1.165) is 10.2 Å². The van der Waals surface area contributed by atoms with Crippen LogP contribution in [0.1, 0.15) is 31.7 Å². The van der Waals surface area contributed by atoms with Gasteiger partial charge in [0.25, 0.3) is 0 Å². The maximum atomic E-state index is 10.1. The van der Waals surface area contributed by atoms with E-state index >= 15 is 0 Å². The van der Waals surface area contributed by atoms with Crippen molar-refractivity contribution in [1.29, 1.82) is 0 Å². The van der Waals surface area contributed by atoms with Gasteiger partial charge in [0.1, 0.15) is 6.10 Å². The molecular weight excluding hydrogens is 258 g/mol. The zero-order chi connectivity index (χ0) is 11.6. The maximum Gasteiger partial charge on any atom is 0.109 e. The first-order valence-corrected chi connectivity index (χ1v) is 5.78. The number of nitrogens with zero attached hydrogens (tertiary/aromatic N) is 3. The van der Waals surface area contributed by atoms with Crippen molar-refractivity contribution in [3.63, 3.8) is 0 Å². The predicted octanol–water partition coefficient (Wildman–Crippen LogP) is 1.82. The van der Waals surface area contributed by atoms with Crippen LogP contribution in [0.4, 0.5) is 0 Å². The van der Waals surface area contributed by atoms with Crippen LogP contribution in [0, 0.1) is 0 Å². The average Bonchev–Trinajstić information content (AvgIpc) is 2.45. The summed E-state index contributed by atoms with van der Waals surface area (Å²) < 4.78 is 2.71. The van der Waals surface area contributed by atoms with Gasteiger partial charge in [0.2, 0.25) is 0 Å². The van der Waals surface area contributed by atoms with E-state index in [9.17, 15) is 5.11 Å². The van der Waals surface area contributed by atoms with Crippen molar-refractivity contribution in [1.82, 2.24) is 14.7 Å². The molecule has 0 radical (unpaired) electrons. The van der Waals surface area contributed by atoms with Crippen molar-refractivity contribution in [3.05, 3.63) is 16.4 Å². The quantitative estimate of drug-likeness (QED) is 0.912. The molecule has 1 heterocycles. The van der Waals surface area contributed by atoms with Crippen molar-refractivity contribution in [2.24, 2.45) is 0 Å². The lowest BCUT2D eigenvalue weighted by Crippen LogP contribution is -2.23. The Morgan fingerprint density at radius 3 is 2.60 bits per heavy atom. The summed E-state index contributed by atoms with van der Waals surface area (Å²) in [6.07, 6.45) is 1.22. The van der Waals surface area contributed by atoms with E-state index in [4.69, 9.17) is 0 Å². The van der Waals surface area contributed by atoms with E-state index in [1.54, 1.807) is 6.20 Å². The summed E-state index contributed by atoms with van der Waals surface area (Å²) in [5.74, 6) is 0. The fourth-order valence-electron chi connectivity index (χ4n) is 1.51. The lowest BCUT2D eigenvalue weighted by molar-refractivity contribution is 0.127. The van der Waals surface area contributed by atoms with Crippen LogP contribution in [-0.4, -0.2) is 40.4 Å². The molecule has 0 fully saturated rings. The maximum absolute atomic E-state index is 10.1. The minimum atomic E-state index is -0.515. The van der Waals surface area contributed by atoms with E-state index < -0.39 is 6.10 Å². The fraction of sp³-hybridized carbons (Fsp3) is 0.700. The van der Waals surface area contributed by atoms with Crippen molar-refractivity contribution in [2.45, 2.75) is 26.0 Å². The molecule has 0 amide bonds. The zero-order valence-corrected chi connectivity index (χ0v) is 11.2. The first-order chi connectivity index (χ1) is 6.93. The van der Waals surface area contributed by atoms with E-state index in [0.29, 0.717) is 6.54 Å². The van der Waals surface area contributed by atoms with Gasteiger partial charge in [0, 0.05) is 12.6 Å². The Balaban J connectivity index is 2.95. The van der Waals surface area contributed by atoms with Gasteiger partial charge >= 0.3 is 0 Å². The van der Waals surface area contributed by atoms with Gasteiger partial charge in [-0.15, -0.1) is 0 Å². The molecule has 1 N–H and O–H groups in total. The first kappa shape index (κ1) is 12.7. The average molecular weight is 276 g/mol. The van der Waals surface area contributed by atoms with Gasteiger partial charge in [-0.25, -0.2) is 0 Å². The van der Waals surface area contributed by atoms with E-state index in [1.165, 1.54) is 0 Å². The Morgan fingerprint density at radius 2 is 2.13 bits per heavy atom. The third kappa shape index (κ3) is 3.03. The number of rotatable bonds is 4. The van der Waals surface area contributed by atoms with E-state index in [2.05, 4.69) is 21.0 Å². The Labute approximate surface area is 99.0 Å². The van der Waals surface area contributed by atoms with Crippen molar-refractivity contribution >= 4 is 15.9 Å². The molecule has 0 aromatic carbocycles. The Morgan fingerprint density at radius 1 is 1.53 bits per heavy atom. The molecule has 0 bridgehead atoms. The summed E-state index contributed by atoms with van der Waals surface area (Å²) in [6.45, 7) is 4.69. The molecule has 4 nitrogen and oxygen atoms in total. The normalized spacial score (nSPS) is 13.9. The minimum absolute atomic E-state index is 0.253. The van der Waals surface area contributed by atoms with Crippen molar-refractivity contribution in [3.8, 4) is 0 Å². The molecule has 0 aliphatic carbocycles. The van der Waals surface area contributed by atoms with Gasteiger partial charge in [-0.3, -0.25) is 4.68 Å². The molecule has 1 aromatic rings. The SMILES string of the molecule is CC(C)n1ncc(Br)c1C(O)CN(C)C. The fourth-order valence-corrected chi connectivity index (χ4v) is 2.04. The molecule has 0 aliphatic rings. The lowest BCUT2D eigenvalue weighted by atomic mass is 10.2. The smallest absolute Gasteiger partial charge is 0.109 e. The molecule has 1 unspecified atom stereocenters. The molecule has 0 aliphatic heterocycles. The first-order valence-electron chi connectivity index (χ1n) is 4.99. The molecular formula is C10H18BrN3O. The third-order valence-corrected chi connectivity index (χ3v) is 2.74. The summed E-state index contributed by atoms with van der Waals surface area (Å²) in [6, 6.07) is 0.253. The minimum Gasteiger partial charge on any atom is -0.385 e. The van der Waals surface area contributed by atoms with Crippen LogP contribution in [0.15, 0.2) is 10.7 Å². The number of aromatic nitrogens is 2. The van der Waals surface area contributed by atoms with E-state index in [1.807, 2.05) is 37.5 Å². The highest BCUT2D eigenvalue weighted by atomic mass is 79.9. The van der Waals surface area contributed by atoms with Gasteiger partial charge in [0.15, 0.2) is 0 Å². The highest BCUT2D eigenvalue weighted by Gasteiger charge is 2.19. The topological polar surface area (TPSA) is 41.3 Å². The summed E-state index contributed by atoms with van der Waals surface area (Å²) in [4.78, 5) is 1.95. The number of likely N-dealkylation sites (N-methyl/N-ethyl adjacent to an activating group) is 1. The van der Waals surface area contributed by atoms with Crippen LogP contribution in [0.2, 0.25) is 0 Å². The summed E-state index contributed by atoms with van der Waals surface area (Å²) >= 11 is 3.41. The number of halogens is 1. The van der Waals surface area contributed by atoms with Crippen LogP contribution in [0.5, 0.6) is 0 Å². The summed E-state index contributed by atoms with van der Waals surface area (Å²) in [5.41, 5.74) is 0.846. The van der Waals surface area contributed by atoms with Gasteiger partial charge in [0.05, 0.1) is 16.4 Å². The molecule has 1 rings (SSSR count). The van der Waals surface area contributed by atoms with Crippen LogP contribution in [-0.2, 0) is 0 Å². The summed E-state index contributed by atoms with van der Waals surface area (Å²) in [5, 5.41) is 14.3. The second-order valence-electron chi connectivity index (χ2n) is 4.19. The molecule has 0 saturated carbocycles. The molecule has 1 atom stereocenters. The van der Waals surface area contributed by atoms with Crippen molar-refractivity contribution in [2.75, 3.05) is 20.6 Å². The van der Waals surface area contributed by atoms with Gasteiger partial charge in [-0.1, -0.05) is 0 Å². The van der Waals surface area contributed by atoms with Crippen LogP contribution < -0.4 is 0 Å². The summed E-state index contributed by atoms with van der Waals surface area (Å²) in [7, 11) is 3.88. The third-order valence-electron chi connectivity index (χ3n) is 2.13. The Kier molecular flexibility index (Phi) is 4.31. The highest BCUT2D eigenvalue weighted by molar-refractivity contribution is 9.10. The zero-order valence-electron chi connectivity index (χ0n) is 9.61. The molecule has 0 spiro atoms. The van der Waals surface area contributed by atoms with Crippen LogP contribution in [0.3, 0.4) is 0 Å². The second-order valence-corrected chi connectivity index (χ2v) is 5.05. The largest absolute Gasteiger partial charge is 0.385 e. The molecule has 5 heteroatoms. The second kappa shape index (κ2) is 5.09. The van der Waals surface area contributed by atoms with Gasteiger partial charge in [-0.2, -0.15) is 5.10 Å². The molecule has 86 valence electrons. The predicted molar refractivity (Wildman–Crippen MR) is 63.8 cm³/mol. The molecule has 0 saturated heterocycles. The molecule has 15 heavy (non-hydrogen) atoms. The van der Waals surface area contributed by atoms with Gasteiger partial charge in [-0.05, 0) is 43.9 Å². The Bertz CT molecular complexity index is 322. The van der Waals surface area contributed by atoms with E-state index in [-0.39, 0.29) is 6.04 Å². The van der Waals surface area contributed by atoms with Crippen LogP contribution >= 0.6 is 15.9 Å². The monoisotopic (exact) mass is 275 g/mol. The highest BCUT2D eigenvalue weighted by Crippen LogP contribution is 2.26. The van der Waals surface area contributed by atoms with Gasteiger partial charge < -0.3 is 10.0 Å². The lowest BCUT2D eigenvalue weighted by Gasteiger charge is -2.19. The molecule has 1 aromatic heterocycles. The number of aliphatic hydroxyl groups excluding tert-OH is 1. The Hall–Kier alpha value is -0.390. The number of hydrogen-bond donors (Lipinski definition) is 1.